The highest BCUT2D eigenvalue weighted by Gasteiger charge is 2.15. The van der Waals surface area contributed by atoms with Crippen LogP contribution in [0.2, 0.25) is 0 Å². The Morgan fingerprint density at radius 3 is 2.33 bits per heavy atom. The number of nitrogens with one attached hydrogen (secondary N) is 1. The number of hydrogen-bond acceptors (Lipinski definition) is 3. The number of aryl methyl sites for hydroxylation is 1. The standard InChI is InChI=1S/C12H12BrNO2S2/c1-9-2-7-12(17-9)18(15,16)14-11-5-3-10(8-13)4-6-11/h2-7,14H,8H2,1H3. The van der Waals surface area contributed by atoms with Gasteiger partial charge in [-0.1, -0.05) is 28.1 Å². The van der Waals surface area contributed by atoms with Crippen LogP contribution in [-0.4, -0.2) is 8.42 Å². The second-order valence-corrected chi connectivity index (χ2v) is 7.56. The molecule has 0 bridgehead atoms. The van der Waals surface area contributed by atoms with Crippen molar-refractivity contribution < 1.29 is 8.42 Å². The first-order valence-electron chi connectivity index (χ1n) is 5.25. The topological polar surface area (TPSA) is 46.2 Å². The minimum absolute atomic E-state index is 0.338. The molecule has 3 nitrogen and oxygen atoms in total. The molecule has 0 unspecified atom stereocenters. The molecule has 0 saturated heterocycles. The molecule has 0 fully saturated rings. The van der Waals surface area contributed by atoms with Crippen LogP contribution in [0.4, 0.5) is 5.69 Å². The zero-order valence-corrected chi connectivity index (χ0v) is 12.9. The summed E-state index contributed by atoms with van der Waals surface area (Å²) in [6, 6.07) is 10.7. The van der Waals surface area contributed by atoms with Gasteiger partial charge in [-0.25, -0.2) is 8.42 Å². The molecule has 1 N–H and O–H groups in total. The summed E-state index contributed by atoms with van der Waals surface area (Å²) in [5.41, 5.74) is 1.68. The number of halogens is 1. The van der Waals surface area contributed by atoms with Gasteiger partial charge in [0, 0.05) is 15.9 Å². The quantitative estimate of drug-likeness (QED) is 0.857. The molecule has 0 saturated carbocycles. The summed E-state index contributed by atoms with van der Waals surface area (Å²) in [7, 11) is -3.46. The van der Waals surface area contributed by atoms with E-state index in [0.29, 0.717) is 9.90 Å². The first kappa shape index (κ1) is 13.6. The minimum atomic E-state index is -3.46. The second kappa shape index (κ2) is 5.42. The van der Waals surface area contributed by atoms with Crippen molar-refractivity contribution in [2.75, 3.05) is 4.72 Å². The first-order valence-corrected chi connectivity index (χ1v) is 8.67. The Hall–Kier alpha value is -0.850. The summed E-state index contributed by atoms with van der Waals surface area (Å²) < 4.78 is 27.0. The van der Waals surface area contributed by atoms with Crippen LogP contribution >= 0.6 is 27.3 Å². The van der Waals surface area contributed by atoms with Gasteiger partial charge in [-0.3, -0.25) is 4.72 Å². The highest BCUT2D eigenvalue weighted by molar-refractivity contribution is 9.08. The van der Waals surface area contributed by atoms with Gasteiger partial charge in [0.15, 0.2) is 0 Å². The van der Waals surface area contributed by atoms with Gasteiger partial charge in [0.2, 0.25) is 0 Å². The van der Waals surface area contributed by atoms with Gasteiger partial charge in [-0.15, -0.1) is 11.3 Å². The molecule has 0 amide bonds. The van der Waals surface area contributed by atoms with Gasteiger partial charge in [-0.05, 0) is 36.8 Å². The van der Waals surface area contributed by atoms with Crippen molar-refractivity contribution in [1.29, 1.82) is 0 Å². The minimum Gasteiger partial charge on any atom is -0.279 e. The van der Waals surface area contributed by atoms with Crippen molar-refractivity contribution in [2.45, 2.75) is 16.5 Å². The number of anilines is 1. The van der Waals surface area contributed by atoms with Crippen LogP contribution < -0.4 is 4.72 Å². The van der Waals surface area contributed by atoms with Crippen LogP contribution in [0, 0.1) is 6.92 Å². The van der Waals surface area contributed by atoms with E-state index < -0.39 is 10.0 Å². The van der Waals surface area contributed by atoms with E-state index in [1.807, 2.05) is 19.1 Å². The lowest BCUT2D eigenvalue weighted by Crippen LogP contribution is -2.11. The molecule has 1 heterocycles. The Morgan fingerprint density at radius 2 is 1.83 bits per heavy atom. The van der Waals surface area contributed by atoms with Crippen molar-refractivity contribution in [3.05, 3.63) is 46.8 Å². The Bertz CT molecular complexity index is 632. The average Bonchev–Trinajstić information content (AvgIpc) is 2.77. The van der Waals surface area contributed by atoms with E-state index in [4.69, 9.17) is 0 Å². The smallest absolute Gasteiger partial charge is 0.271 e. The number of benzene rings is 1. The van der Waals surface area contributed by atoms with E-state index in [0.717, 1.165) is 15.8 Å². The average molecular weight is 346 g/mol. The zero-order chi connectivity index (χ0) is 13.2. The molecular weight excluding hydrogens is 334 g/mol. The maximum absolute atomic E-state index is 12.1. The molecule has 1 aromatic heterocycles. The van der Waals surface area contributed by atoms with Crippen molar-refractivity contribution in [1.82, 2.24) is 0 Å². The molecule has 2 aromatic rings. The third-order valence-corrected chi connectivity index (χ3v) is 5.86. The van der Waals surface area contributed by atoms with Crippen molar-refractivity contribution in [3.63, 3.8) is 0 Å². The molecule has 18 heavy (non-hydrogen) atoms. The fraction of sp³-hybridized carbons (Fsp3) is 0.167. The molecule has 0 radical (unpaired) electrons. The molecule has 0 spiro atoms. The predicted molar refractivity (Wildman–Crippen MR) is 78.9 cm³/mol. The summed E-state index contributed by atoms with van der Waals surface area (Å²) in [5, 5.41) is 0.754. The van der Waals surface area contributed by atoms with E-state index in [2.05, 4.69) is 20.7 Å². The number of rotatable bonds is 4. The van der Waals surface area contributed by atoms with Crippen molar-refractivity contribution in [3.8, 4) is 0 Å². The second-order valence-electron chi connectivity index (χ2n) is 3.80. The van der Waals surface area contributed by atoms with Gasteiger partial charge >= 0.3 is 0 Å². The molecule has 0 aliphatic carbocycles. The molecule has 0 atom stereocenters. The number of hydrogen-bond donors (Lipinski definition) is 1. The predicted octanol–water partition coefficient (Wildman–Crippen LogP) is 3.75. The summed E-state index contributed by atoms with van der Waals surface area (Å²) in [5.74, 6) is 0. The number of thiophene rings is 1. The van der Waals surface area contributed by atoms with Gasteiger partial charge in [0.05, 0.1) is 0 Å². The van der Waals surface area contributed by atoms with E-state index in [1.165, 1.54) is 11.3 Å². The van der Waals surface area contributed by atoms with Crippen molar-refractivity contribution in [2.24, 2.45) is 0 Å². The number of sulfonamides is 1. The summed E-state index contributed by atoms with van der Waals surface area (Å²) in [6.07, 6.45) is 0. The normalized spacial score (nSPS) is 11.4. The fourth-order valence-electron chi connectivity index (χ4n) is 1.42. The Labute approximate surface area is 119 Å². The maximum Gasteiger partial charge on any atom is 0.271 e. The monoisotopic (exact) mass is 345 g/mol. The molecular formula is C12H12BrNO2S2. The van der Waals surface area contributed by atoms with Gasteiger partial charge in [0.25, 0.3) is 10.0 Å². The molecule has 1 aromatic carbocycles. The zero-order valence-electron chi connectivity index (χ0n) is 9.68. The van der Waals surface area contributed by atoms with E-state index >= 15 is 0 Å². The van der Waals surface area contributed by atoms with Gasteiger partial charge < -0.3 is 0 Å². The SMILES string of the molecule is Cc1ccc(S(=O)(=O)Nc2ccc(CBr)cc2)s1. The van der Waals surface area contributed by atoms with Crippen LogP contribution in [0.5, 0.6) is 0 Å². The highest BCUT2D eigenvalue weighted by Crippen LogP contribution is 2.23. The summed E-state index contributed by atoms with van der Waals surface area (Å²) in [4.78, 5) is 0.977. The van der Waals surface area contributed by atoms with E-state index in [1.54, 1.807) is 24.3 Å². The van der Waals surface area contributed by atoms with Crippen LogP contribution in [0.25, 0.3) is 0 Å². The van der Waals surface area contributed by atoms with E-state index in [-0.39, 0.29) is 0 Å². The summed E-state index contributed by atoms with van der Waals surface area (Å²) in [6.45, 7) is 1.88. The molecule has 6 heteroatoms. The van der Waals surface area contributed by atoms with Crippen LogP contribution in [0.3, 0.4) is 0 Å². The third-order valence-electron chi connectivity index (χ3n) is 2.34. The lowest BCUT2D eigenvalue weighted by molar-refractivity contribution is 0.603. The Morgan fingerprint density at radius 1 is 1.17 bits per heavy atom. The summed E-state index contributed by atoms with van der Waals surface area (Å²) >= 11 is 4.61. The van der Waals surface area contributed by atoms with Crippen molar-refractivity contribution >= 4 is 43.0 Å². The highest BCUT2D eigenvalue weighted by atomic mass is 79.9. The fourth-order valence-corrected chi connectivity index (χ4v) is 4.14. The Balaban J connectivity index is 2.22. The Kier molecular flexibility index (Phi) is 4.09. The van der Waals surface area contributed by atoms with E-state index in [9.17, 15) is 8.42 Å². The van der Waals surface area contributed by atoms with Crippen LogP contribution in [0.1, 0.15) is 10.4 Å². The first-order chi connectivity index (χ1) is 8.51. The third kappa shape index (κ3) is 3.13. The van der Waals surface area contributed by atoms with Gasteiger partial charge in [-0.2, -0.15) is 0 Å². The lowest BCUT2D eigenvalue weighted by Gasteiger charge is -2.06. The van der Waals surface area contributed by atoms with Gasteiger partial charge in [0.1, 0.15) is 4.21 Å². The molecule has 0 aliphatic heterocycles. The molecule has 0 aliphatic rings. The largest absolute Gasteiger partial charge is 0.279 e. The molecule has 96 valence electrons. The molecule has 2 rings (SSSR count). The lowest BCUT2D eigenvalue weighted by atomic mass is 10.2. The number of alkyl halides is 1. The van der Waals surface area contributed by atoms with Crippen LogP contribution in [-0.2, 0) is 15.4 Å². The van der Waals surface area contributed by atoms with Crippen LogP contribution in [0.15, 0.2) is 40.6 Å². The maximum atomic E-state index is 12.1.